The minimum Gasteiger partial charge on any atom is -0.0979 e. The lowest BCUT2D eigenvalue weighted by Crippen LogP contribution is -1.88. The van der Waals surface area contributed by atoms with Crippen LogP contribution < -0.4 is 0 Å². The number of benzene rings is 2. The fraction of sp³-hybridized carbons (Fsp3) is 0.182. The first kappa shape index (κ1) is 15.9. The quantitative estimate of drug-likeness (QED) is 0.366. The van der Waals surface area contributed by atoms with Gasteiger partial charge >= 0.3 is 0 Å². The van der Waals surface area contributed by atoms with Crippen molar-refractivity contribution in [2.24, 2.45) is 0 Å². The molecule has 0 aliphatic rings. The van der Waals surface area contributed by atoms with E-state index in [4.69, 9.17) is 0 Å². The lowest BCUT2D eigenvalue weighted by atomic mass is 9.96. The molecule has 0 atom stereocenters. The zero-order valence-electron chi connectivity index (χ0n) is 13.2. The van der Waals surface area contributed by atoms with Gasteiger partial charge < -0.3 is 0 Å². The summed E-state index contributed by atoms with van der Waals surface area (Å²) in [6, 6.07) is 20.8. The van der Waals surface area contributed by atoms with Crippen molar-refractivity contribution in [1.29, 1.82) is 0 Å². The highest BCUT2D eigenvalue weighted by molar-refractivity contribution is 5.82. The van der Waals surface area contributed by atoms with Gasteiger partial charge in [-0.25, -0.2) is 0 Å². The molecule has 0 heterocycles. The van der Waals surface area contributed by atoms with E-state index >= 15 is 0 Å². The molecule has 0 saturated carbocycles. The van der Waals surface area contributed by atoms with Crippen LogP contribution in [0, 0.1) is 11.8 Å². The fourth-order valence-electron chi connectivity index (χ4n) is 2.22. The summed E-state index contributed by atoms with van der Waals surface area (Å²) >= 11 is 0. The van der Waals surface area contributed by atoms with Crippen molar-refractivity contribution in [1.82, 2.24) is 0 Å². The summed E-state index contributed by atoms with van der Waals surface area (Å²) in [6.07, 6.45) is 5.35. The molecule has 2 rings (SSSR count). The van der Waals surface area contributed by atoms with Gasteiger partial charge in [0.2, 0.25) is 0 Å². The van der Waals surface area contributed by atoms with Crippen molar-refractivity contribution >= 4 is 5.57 Å². The van der Waals surface area contributed by atoms with Gasteiger partial charge in [0.25, 0.3) is 0 Å². The summed E-state index contributed by atoms with van der Waals surface area (Å²) in [6.45, 7) is 6.27. The van der Waals surface area contributed by atoms with Crippen LogP contribution in [0.3, 0.4) is 0 Å². The summed E-state index contributed by atoms with van der Waals surface area (Å²) in [5, 5.41) is 0. The van der Waals surface area contributed by atoms with Crippen molar-refractivity contribution in [3.05, 3.63) is 90.0 Å². The molecular weight excluding hydrogens is 264 g/mol. The number of rotatable bonds is 5. The molecule has 0 aliphatic carbocycles. The van der Waals surface area contributed by atoms with E-state index < -0.39 is 0 Å². The third-order valence-electron chi connectivity index (χ3n) is 3.39. The number of hydrogen-bond donors (Lipinski definition) is 0. The molecule has 0 radical (unpaired) electrons. The van der Waals surface area contributed by atoms with Gasteiger partial charge in [-0.05, 0) is 29.2 Å². The maximum atomic E-state index is 4.09. The Morgan fingerprint density at radius 3 is 2.00 bits per heavy atom. The maximum absolute atomic E-state index is 4.09. The molecule has 0 spiro atoms. The molecule has 2 aromatic carbocycles. The molecule has 2 aromatic rings. The van der Waals surface area contributed by atoms with Crippen LogP contribution in [0.4, 0.5) is 0 Å². The van der Waals surface area contributed by atoms with Crippen LogP contribution in [0.25, 0.3) is 5.57 Å². The van der Waals surface area contributed by atoms with Crippen molar-refractivity contribution in [3.8, 4) is 11.8 Å². The number of hydrogen-bond acceptors (Lipinski definition) is 0. The van der Waals surface area contributed by atoms with Crippen molar-refractivity contribution in [2.75, 3.05) is 0 Å². The van der Waals surface area contributed by atoms with E-state index in [1.165, 1.54) is 17.5 Å². The van der Waals surface area contributed by atoms with Gasteiger partial charge in [-0.1, -0.05) is 92.4 Å². The molecule has 22 heavy (non-hydrogen) atoms. The van der Waals surface area contributed by atoms with Crippen molar-refractivity contribution in [3.63, 3.8) is 0 Å². The van der Waals surface area contributed by atoms with Gasteiger partial charge in [0, 0.05) is 12.0 Å². The highest BCUT2D eigenvalue weighted by Crippen LogP contribution is 2.24. The summed E-state index contributed by atoms with van der Waals surface area (Å²) < 4.78 is 0. The van der Waals surface area contributed by atoms with E-state index in [1.807, 2.05) is 12.1 Å². The molecule has 0 fully saturated rings. The fourth-order valence-corrected chi connectivity index (χ4v) is 2.22. The molecule has 0 unspecified atom stereocenters. The van der Waals surface area contributed by atoms with Gasteiger partial charge in [-0.15, -0.1) is 0 Å². The van der Waals surface area contributed by atoms with Crippen LogP contribution in [0.15, 0.2) is 78.9 Å². The predicted molar refractivity (Wildman–Crippen MR) is 96.4 cm³/mol. The molecule has 0 aliphatic heterocycles. The third kappa shape index (κ3) is 4.79. The number of unbranched alkanes of at least 4 members (excludes halogenated alkanes) is 2. The Labute approximate surface area is 134 Å². The monoisotopic (exact) mass is 286 g/mol. The Kier molecular flexibility index (Phi) is 6.27. The largest absolute Gasteiger partial charge is 0.0979 e. The second-order valence-electron chi connectivity index (χ2n) is 5.22. The van der Waals surface area contributed by atoms with Gasteiger partial charge in [0.05, 0.1) is 0 Å². The lowest BCUT2D eigenvalue weighted by Gasteiger charge is -2.08. The first-order chi connectivity index (χ1) is 10.8. The van der Waals surface area contributed by atoms with E-state index in [1.54, 1.807) is 0 Å². The summed E-state index contributed by atoms with van der Waals surface area (Å²) in [4.78, 5) is 0. The topological polar surface area (TPSA) is 0 Å². The normalized spacial score (nSPS) is 9.50. The average molecular weight is 286 g/mol. The van der Waals surface area contributed by atoms with Crippen molar-refractivity contribution in [2.45, 2.75) is 26.2 Å². The number of allylic oxidation sites excluding steroid dienone is 2. The predicted octanol–water partition coefficient (Wildman–Crippen LogP) is 5.87. The Bertz CT molecular complexity index is 638. The van der Waals surface area contributed by atoms with Crippen LogP contribution in [-0.2, 0) is 0 Å². The SMILES string of the molecule is C=C(C#CCCCC)C=C(c1ccccc1)c1ccccc1. The molecule has 0 bridgehead atoms. The maximum Gasteiger partial charge on any atom is 0.0179 e. The second-order valence-corrected chi connectivity index (χ2v) is 5.22. The van der Waals surface area contributed by atoms with Gasteiger partial charge in [-0.2, -0.15) is 0 Å². The minimum absolute atomic E-state index is 0.860. The first-order valence-electron chi connectivity index (χ1n) is 7.81. The van der Waals surface area contributed by atoms with Crippen molar-refractivity contribution < 1.29 is 0 Å². The molecule has 0 nitrogen and oxygen atoms in total. The lowest BCUT2D eigenvalue weighted by molar-refractivity contribution is 0.828. The van der Waals surface area contributed by atoms with Crippen LogP contribution in [0.5, 0.6) is 0 Å². The van der Waals surface area contributed by atoms with Crippen LogP contribution in [0.1, 0.15) is 37.3 Å². The van der Waals surface area contributed by atoms with Gasteiger partial charge in [0.15, 0.2) is 0 Å². The highest BCUT2D eigenvalue weighted by Gasteiger charge is 2.04. The summed E-state index contributed by atoms with van der Waals surface area (Å²) in [5.41, 5.74) is 4.39. The second kappa shape index (κ2) is 8.70. The molecule has 110 valence electrons. The van der Waals surface area contributed by atoms with Gasteiger partial charge in [-0.3, -0.25) is 0 Å². The van der Waals surface area contributed by atoms with E-state index in [0.717, 1.165) is 24.0 Å². The Balaban J connectivity index is 2.30. The molecule has 0 heteroatoms. The standard InChI is InChI=1S/C22H22/c1-3-4-5-8-13-19(2)18-22(20-14-9-6-10-15-20)21-16-11-7-12-17-21/h6-7,9-12,14-18H,2-5H2,1H3. The van der Waals surface area contributed by atoms with Crippen LogP contribution >= 0.6 is 0 Å². The third-order valence-corrected chi connectivity index (χ3v) is 3.39. The Morgan fingerprint density at radius 1 is 0.955 bits per heavy atom. The molecular formula is C22H22. The molecule has 0 amide bonds. The zero-order valence-corrected chi connectivity index (χ0v) is 13.2. The minimum atomic E-state index is 0.860. The van der Waals surface area contributed by atoms with E-state index in [2.05, 4.69) is 80.0 Å². The van der Waals surface area contributed by atoms with Crippen LogP contribution in [-0.4, -0.2) is 0 Å². The first-order valence-corrected chi connectivity index (χ1v) is 7.81. The smallest absolute Gasteiger partial charge is 0.0179 e. The summed E-state index contributed by atoms with van der Waals surface area (Å²) in [7, 11) is 0. The summed E-state index contributed by atoms with van der Waals surface area (Å²) in [5.74, 6) is 6.37. The average Bonchev–Trinajstić information content (AvgIpc) is 2.58. The van der Waals surface area contributed by atoms with E-state index in [9.17, 15) is 0 Å². The van der Waals surface area contributed by atoms with E-state index in [-0.39, 0.29) is 0 Å². The van der Waals surface area contributed by atoms with E-state index in [0.29, 0.717) is 0 Å². The Morgan fingerprint density at radius 2 is 1.50 bits per heavy atom. The molecule has 0 saturated heterocycles. The highest BCUT2D eigenvalue weighted by atomic mass is 14.1. The zero-order chi connectivity index (χ0) is 15.6. The molecule has 0 N–H and O–H groups in total. The Hall–Kier alpha value is -2.52. The van der Waals surface area contributed by atoms with Crippen LogP contribution in [0.2, 0.25) is 0 Å². The molecule has 0 aromatic heterocycles. The van der Waals surface area contributed by atoms with Gasteiger partial charge in [0.1, 0.15) is 0 Å².